The highest BCUT2D eigenvalue weighted by atomic mass is 35.5. The van der Waals surface area contributed by atoms with Crippen LogP contribution in [0.5, 0.6) is 0 Å². The van der Waals surface area contributed by atoms with Crippen LogP contribution in [0.2, 0.25) is 0 Å². The molecule has 0 unspecified atom stereocenters. The number of halogens is 2. The smallest absolute Gasteiger partial charge is 0.136 e. The third-order valence-corrected chi connectivity index (χ3v) is 1.48. The lowest BCUT2D eigenvalue weighted by atomic mass is 10.5. The fourth-order valence-electron chi connectivity index (χ4n) is 1.06. The molecule has 0 aliphatic carbocycles. The van der Waals surface area contributed by atoms with Crippen molar-refractivity contribution < 1.29 is 0 Å². The van der Waals surface area contributed by atoms with Crippen molar-refractivity contribution in [2.45, 2.75) is 6.92 Å². The Morgan fingerprint density at radius 2 is 2.00 bits per heavy atom. The third-order valence-electron chi connectivity index (χ3n) is 1.48. The summed E-state index contributed by atoms with van der Waals surface area (Å²) in [4.78, 5) is 4.28. The van der Waals surface area contributed by atoms with Gasteiger partial charge in [0.2, 0.25) is 0 Å². The van der Waals surface area contributed by atoms with Gasteiger partial charge in [-0.05, 0) is 19.1 Å². The van der Waals surface area contributed by atoms with Crippen LogP contribution in [0, 0.1) is 6.92 Å². The van der Waals surface area contributed by atoms with Crippen molar-refractivity contribution in [2.24, 2.45) is 0 Å². The minimum atomic E-state index is 0. The average molecular weight is 205 g/mol. The number of rotatable bonds is 0. The van der Waals surface area contributed by atoms with Crippen LogP contribution < -0.4 is 0 Å². The lowest BCUT2D eigenvalue weighted by Crippen LogP contribution is -1.77. The van der Waals surface area contributed by atoms with Crippen molar-refractivity contribution in [3.63, 3.8) is 0 Å². The number of fused-ring (bicyclic) bond motifs is 1. The van der Waals surface area contributed by atoms with Crippen molar-refractivity contribution in [2.75, 3.05) is 0 Å². The Morgan fingerprint density at radius 3 is 2.67 bits per heavy atom. The van der Waals surface area contributed by atoms with Gasteiger partial charge >= 0.3 is 0 Å². The molecule has 2 heterocycles. The molecule has 0 atom stereocenters. The largest absolute Gasteiger partial charge is 0.307 e. The van der Waals surface area contributed by atoms with Crippen molar-refractivity contribution in [3.05, 3.63) is 36.3 Å². The topological polar surface area (TPSA) is 17.3 Å². The first-order chi connectivity index (χ1) is 4.86. The highest BCUT2D eigenvalue weighted by molar-refractivity contribution is 5.85. The van der Waals surface area contributed by atoms with Crippen LogP contribution in [0.3, 0.4) is 0 Å². The molecule has 0 fully saturated rings. The maximum atomic E-state index is 4.28. The lowest BCUT2D eigenvalue weighted by molar-refractivity contribution is 1.18. The van der Waals surface area contributed by atoms with Crippen LogP contribution in [0.4, 0.5) is 0 Å². The summed E-state index contributed by atoms with van der Waals surface area (Å²) in [6, 6.07) is 5.98. The quantitative estimate of drug-likeness (QED) is 0.645. The van der Waals surface area contributed by atoms with Crippen LogP contribution in [0.25, 0.3) is 5.65 Å². The van der Waals surface area contributed by atoms with Gasteiger partial charge in [-0.25, -0.2) is 4.98 Å². The van der Waals surface area contributed by atoms with Crippen molar-refractivity contribution >= 4 is 30.5 Å². The second-order valence-corrected chi connectivity index (χ2v) is 2.35. The zero-order valence-electron chi connectivity index (χ0n) is 6.60. The molecule has 0 bridgehead atoms. The van der Waals surface area contributed by atoms with Gasteiger partial charge in [-0.2, -0.15) is 0 Å². The molecule has 12 heavy (non-hydrogen) atoms. The normalized spacial score (nSPS) is 8.75. The second kappa shape index (κ2) is 4.33. The molecule has 2 aromatic heterocycles. The number of nitrogens with zero attached hydrogens (tertiary/aromatic N) is 2. The van der Waals surface area contributed by atoms with E-state index in [9.17, 15) is 0 Å². The van der Waals surface area contributed by atoms with Gasteiger partial charge in [0.25, 0.3) is 0 Å². The van der Waals surface area contributed by atoms with Gasteiger partial charge in [0.15, 0.2) is 0 Å². The van der Waals surface area contributed by atoms with E-state index in [-0.39, 0.29) is 24.8 Å². The molecule has 66 valence electrons. The predicted molar refractivity (Wildman–Crippen MR) is 54.4 cm³/mol. The SMILES string of the molecule is Cc1cn2ccccc2n1.Cl.Cl. The average Bonchev–Trinajstić information content (AvgIpc) is 2.27. The maximum Gasteiger partial charge on any atom is 0.136 e. The number of hydrogen-bond donors (Lipinski definition) is 0. The highest BCUT2D eigenvalue weighted by Crippen LogP contribution is 2.01. The van der Waals surface area contributed by atoms with Gasteiger partial charge < -0.3 is 4.40 Å². The minimum Gasteiger partial charge on any atom is -0.307 e. The molecule has 0 radical (unpaired) electrons. The fourth-order valence-corrected chi connectivity index (χ4v) is 1.06. The molecule has 0 saturated heterocycles. The molecule has 0 N–H and O–H groups in total. The van der Waals surface area contributed by atoms with Gasteiger partial charge in [-0.1, -0.05) is 6.07 Å². The van der Waals surface area contributed by atoms with E-state index in [2.05, 4.69) is 4.98 Å². The number of imidazole rings is 1. The predicted octanol–water partition coefficient (Wildman–Crippen LogP) is 2.49. The van der Waals surface area contributed by atoms with Gasteiger partial charge in [-0.3, -0.25) is 0 Å². The zero-order valence-corrected chi connectivity index (χ0v) is 8.23. The number of hydrogen-bond acceptors (Lipinski definition) is 1. The van der Waals surface area contributed by atoms with E-state index in [1.165, 1.54) is 0 Å². The molecule has 2 aromatic rings. The minimum absolute atomic E-state index is 0. The second-order valence-electron chi connectivity index (χ2n) is 2.35. The molecule has 0 aliphatic heterocycles. The summed E-state index contributed by atoms with van der Waals surface area (Å²) < 4.78 is 2.01. The van der Waals surface area contributed by atoms with Crippen LogP contribution in [-0.4, -0.2) is 9.38 Å². The van der Waals surface area contributed by atoms with E-state index in [0.717, 1.165) is 11.3 Å². The van der Waals surface area contributed by atoms with Gasteiger partial charge in [0, 0.05) is 12.4 Å². The summed E-state index contributed by atoms with van der Waals surface area (Å²) in [5.74, 6) is 0. The first-order valence-electron chi connectivity index (χ1n) is 3.26. The van der Waals surface area contributed by atoms with E-state index in [1.54, 1.807) is 0 Å². The van der Waals surface area contributed by atoms with Crippen molar-refractivity contribution in [1.82, 2.24) is 9.38 Å². The summed E-state index contributed by atoms with van der Waals surface area (Å²) in [5.41, 5.74) is 2.08. The van der Waals surface area contributed by atoms with Gasteiger partial charge in [-0.15, -0.1) is 24.8 Å². The van der Waals surface area contributed by atoms with Crippen molar-refractivity contribution in [1.29, 1.82) is 0 Å². The monoisotopic (exact) mass is 204 g/mol. The van der Waals surface area contributed by atoms with Crippen LogP contribution >= 0.6 is 24.8 Å². The third kappa shape index (κ3) is 1.90. The molecule has 0 aromatic carbocycles. The van der Waals surface area contributed by atoms with Gasteiger partial charge in [0.1, 0.15) is 5.65 Å². The number of pyridine rings is 1. The van der Waals surface area contributed by atoms with E-state index in [4.69, 9.17) is 0 Å². The highest BCUT2D eigenvalue weighted by Gasteiger charge is 1.92. The van der Waals surface area contributed by atoms with E-state index in [1.807, 2.05) is 41.9 Å². The molecule has 0 saturated carbocycles. The Kier molecular flexibility index (Phi) is 4.07. The zero-order chi connectivity index (χ0) is 6.97. The Morgan fingerprint density at radius 1 is 1.25 bits per heavy atom. The molecular formula is C8H10Cl2N2. The molecule has 0 aliphatic rings. The van der Waals surface area contributed by atoms with E-state index >= 15 is 0 Å². The van der Waals surface area contributed by atoms with Crippen molar-refractivity contribution in [3.8, 4) is 0 Å². The van der Waals surface area contributed by atoms with Gasteiger partial charge in [0.05, 0.1) is 5.69 Å². The Bertz CT molecular complexity index is 324. The molecule has 2 nitrogen and oxygen atoms in total. The summed E-state index contributed by atoms with van der Waals surface area (Å²) in [6.45, 7) is 1.99. The first kappa shape index (κ1) is 11.3. The van der Waals surface area contributed by atoms with E-state index in [0.29, 0.717) is 0 Å². The first-order valence-corrected chi connectivity index (χ1v) is 3.26. The summed E-state index contributed by atoms with van der Waals surface area (Å²) in [7, 11) is 0. The fraction of sp³-hybridized carbons (Fsp3) is 0.125. The Hall–Kier alpha value is -0.730. The molecule has 0 amide bonds. The number of aryl methyl sites for hydroxylation is 1. The van der Waals surface area contributed by atoms with Crippen LogP contribution in [0.1, 0.15) is 5.69 Å². The molecular weight excluding hydrogens is 195 g/mol. The lowest BCUT2D eigenvalue weighted by Gasteiger charge is -1.86. The summed E-state index contributed by atoms with van der Waals surface area (Å²) >= 11 is 0. The van der Waals surface area contributed by atoms with Crippen LogP contribution in [0.15, 0.2) is 30.6 Å². The molecule has 2 rings (SSSR count). The van der Waals surface area contributed by atoms with Crippen LogP contribution in [-0.2, 0) is 0 Å². The maximum absolute atomic E-state index is 4.28. The number of aromatic nitrogens is 2. The molecule has 0 spiro atoms. The standard InChI is InChI=1S/C8H8N2.2ClH/c1-7-6-10-5-3-2-4-8(10)9-7;;/h2-6H,1H3;2*1H. The summed E-state index contributed by atoms with van der Waals surface area (Å²) in [6.07, 6.45) is 4.00. The van der Waals surface area contributed by atoms with E-state index < -0.39 is 0 Å². The Balaban J connectivity index is 0.000000605. The Labute approximate surface area is 83.4 Å². The summed E-state index contributed by atoms with van der Waals surface area (Å²) in [5, 5.41) is 0. The molecule has 4 heteroatoms.